The van der Waals surface area contributed by atoms with E-state index in [-0.39, 0.29) is 18.3 Å². The van der Waals surface area contributed by atoms with Gasteiger partial charge in [-0.3, -0.25) is 9.36 Å². The second-order valence-electron chi connectivity index (χ2n) is 7.14. The number of aromatic nitrogens is 2. The maximum atomic E-state index is 12.6. The highest BCUT2D eigenvalue weighted by Crippen LogP contribution is 2.42. The van der Waals surface area contributed by atoms with Crippen LogP contribution in [0.3, 0.4) is 0 Å². The average Bonchev–Trinajstić information content (AvgIpc) is 3.15. The summed E-state index contributed by atoms with van der Waals surface area (Å²) in [5, 5.41) is 12.2. The van der Waals surface area contributed by atoms with Crippen molar-refractivity contribution in [3.63, 3.8) is 0 Å². The van der Waals surface area contributed by atoms with Crippen molar-refractivity contribution in [1.82, 2.24) is 9.55 Å². The predicted octanol–water partition coefficient (Wildman–Crippen LogP) is 0.905. The van der Waals surface area contributed by atoms with Crippen LogP contribution in [0.4, 0.5) is 5.82 Å². The molecule has 0 saturated carbocycles. The van der Waals surface area contributed by atoms with E-state index in [4.69, 9.17) is 14.2 Å². The van der Waals surface area contributed by atoms with Gasteiger partial charge in [0.05, 0.1) is 6.61 Å². The predicted molar refractivity (Wildman–Crippen MR) is 97.7 cm³/mol. The fraction of sp³-hybridized carbons (Fsp3) is 0.421. The zero-order chi connectivity index (χ0) is 19.9. The number of aliphatic hydroxyl groups excluding tert-OH is 1. The Morgan fingerprint density at radius 1 is 1.21 bits per heavy atom. The molecule has 2 aromatic rings. The summed E-state index contributed by atoms with van der Waals surface area (Å²) in [5.41, 5.74) is -0.151. The van der Waals surface area contributed by atoms with Gasteiger partial charge in [-0.15, -0.1) is 0 Å². The summed E-state index contributed by atoms with van der Waals surface area (Å²) >= 11 is 0. The Labute approximate surface area is 160 Å². The van der Waals surface area contributed by atoms with Gasteiger partial charge in [-0.2, -0.15) is 4.98 Å². The van der Waals surface area contributed by atoms with E-state index in [0.717, 1.165) is 0 Å². The number of hydrogen-bond acceptors (Lipinski definition) is 7. The number of ether oxygens (including phenoxy) is 3. The molecule has 1 aromatic carbocycles. The number of nitrogens with one attached hydrogen (secondary N) is 1. The molecule has 2 fully saturated rings. The topological polar surface area (TPSA) is 112 Å². The molecular formula is C19H21N3O6. The third-order valence-electron chi connectivity index (χ3n) is 4.69. The van der Waals surface area contributed by atoms with E-state index in [0.29, 0.717) is 5.56 Å². The number of amides is 1. The van der Waals surface area contributed by atoms with Crippen LogP contribution >= 0.6 is 0 Å². The third kappa shape index (κ3) is 3.45. The average molecular weight is 387 g/mol. The number of fused-ring (bicyclic) bond motifs is 1. The second kappa shape index (κ2) is 7.10. The van der Waals surface area contributed by atoms with Crippen LogP contribution in [0.1, 0.15) is 30.4 Å². The van der Waals surface area contributed by atoms with Gasteiger partial charge in [0, 0.05) is 11.8 Å². The van der Waals surface area contributed by atoms with E-state index in [9.17, 15) is 14.7 Å². The Morgan fingerprint density at radius 3 is 2.61 bits per heavy atom. The van der Waals surface area contributed by atoms with Gasteiger partial charge in [-0.1, -0.05) is 18.2 Å². The fourth-order valence-corrected chi connectivity index (χ4v) is 3.48. The Bertz CT molecular complexity index is 929. The molecule has 2 saturated heterocycles. The normalized spacial score (nSPS) is 28.1. The monoisotopic (exact) mass is 387 g/mol. The zero-order valence-electron chi connectivity index (χ0n) is 15.4. The molecule has 4 rings (SSSR count). The Morgan fingerprint density at radius 2 is 1.93 bits per heavy atom. The van der Waals surface area contributed by atoms with Crippen molar-refractivity contribution in [2.24, 2.45) is 0 Å². The zero-order valence-corrected chi connectivity index (χ0v) is 15.4. The Balaban J connectivity index is 1.55. The van der Waals surface area contributed by atoms with Gasteiger partial charge in [0.25, 0.3) is 5.91 Å². The summed E-state index contributed by atoms with van der Waals surface area (Å²) in [7, 11) is 0. The van der Waals surface area contributed by atoms with Crippen molar-refractivity contribution in [3.8, 4) is 0 Å². The van der Waals surface area contributed by atoms with Crippen molar-refractivity contribution in [2.45, 2.75) is 44.2 Å². The summed E-state index contributed by atoms with van der Waals surface area (Å²) in [6, 6.07) is 10.1. The lowest BCUT2D eigenvalue weighted by Gasteiger charge is -2.24. The first kappa shape index (κ1) is 18.8. The van der Waals surface area contributed by atoms with Gasteiger partial charge in [-0.25, -0.2) is 4.79 Å². The molecule has 0 aliphatic carbocycles. The van der Waals surface area contributed by atoms with Crippen LogP contribution in [0, 0.1) is 0 Å². The highest BCUT2D eigenvalue weighted by atomic mass is 16.8. The van der Waals surface area contributed by atoms with E-state index in [1.807, 2.05) is 0 Å². The number of rotatable bonds is 4. The van der Waals surface area contributed by atoms with Gasteiger partial charge in [0.1, 0.15) is 24.1 Å². The van der Waals surface area contributed by atoms with Crippen LogP contribution in [-0.4, -0.2) is 51.3 Å². The number of benzene rings is 1. The number of nitrogens with zero attached hydrogens (tertiary/aromatic N) is 2. The molecule has 0 radical (unpaired) electrons. The van der Waals surface area contributed by atoms with Crippen LogP contribution in [-0.2, 0) is 14.2 Å². The smallest absolute Gasteiger partial charge is 0.351 e. The number of aliphatic hydroxyl groups is 1. The maximum Gasteiger partial charge on any atom is 0.351 e. The van der Waals surface area contributed by atoms with Crippen molar-refractivity contribution in [3.05, 3.63) is 58.6 Å². The minimum Gasteiger partial charge on any atom is -0.394 e. The second-order valence-corrected chi connectivity index (χ2v) is 7.14. The molecule has 0 spiro atoms. The van der Waals surface area contributed by atoms with E-state index < -0.39 is 36.0 Å². The molecule has 9 nitrogen and oxygen atoms in total. The van der Waals surface area contributed by atoms with Crippen LogP contribution in [0.2, 0.25) is 0 Å². The molecule has 1 amide bonds. The van der Waals surface area contributed by atoms with Crippen LogP contribution in [0.25, 0.3) is 0 Å². The first-order chi connectivity index (χ1) is 13.4. The Kier molecular flexibility index (Phi) is 4.76. The van der Waals surface area contributed by atoms with E-state index in [2.05, 4.69) is 10.3 Å². The van der Waals surface area contributed by atoms with E-state index in [1.54, 1.807) is 44.2 Å². The van der Waals surface area contributed by atoms with Crippen LogP contribution < -0.4 is 11.0 Å². The minimum atomic E-state index is -0.842. The molecule has 4 atom stereocenters. The highest BCUT2D eigenvalue weighted by molar-refractivity contribution is 6.03. The molecule has 2 aliphatic heterocycles. The van der Waals surface area contributed by atoms with E-state index in [1.165, 1.54) is 16.8 Å². The van der Waals surface area contributed by atoms with Crippen LogP contribution in [0.15, 0.2) is 47.4 Å². The lowest BCUT2D eigenvalue weighted by Crippen LogP contribution is -2.35. The lowest BCUT2D eigenvalue weighted by molar-refractivity contribution is -0.200. The molecule has 28 heavy (non-hydrogen) atoms. The maximum absolute atomic E-state index is 12.6. The highest BCUT2D eigenvalue weighted by Gasteiger charge is 2.55. The first-order valence-electron chi connectivity index (χ1n) is 8.95. The molecule has 4 unspecified atom stereocenters. The molecular weight excluding hydrogens is 366 g/mol. The summed E-state index contributed by atoms with van der Waals surface area (Å²) in [5.74, 6) is -1.07. The third-order valence-corrected chi connectivity index (χ3v) is 4.69. The van der Waals surface area contributed by atoms with Gasteiger partial charge in [0.15, 0.2) is 12.0 Å². The standard InChI is InChI=1S/C19H21N3O6/c1-19(2)27-14-12(10-23)26-17(15(14)28-19)22-9-8-13(21-18(22)25)20-16(24)11-6-4-3-5-7-11/h3-9,12,14-15,17,23H,10H2,1-2H3,(H,20,21,24,25). The molecule has 3 heterocycles. The van der Waals surface area contributed by atoms with Gasteiger partial charge in [0.2, 0.25) is 0 Å². The van der Waals surface area contributed by atoms with Gasteiger partial charge in [-0.05, 0) is 32.0 Å². The number of anilines is 1. The Hall–Kier alpha value is -2.59. The molecule has 9 heteroatoms. The molecule has 0 bridgehead atoms. The summed E-state index contributed by atoms with van der Waals surface area (Å²) in [4.78, 5) is 28.7. The summed E-state index contributed by atoms with van der Waals surface area (Å²) in [6.45, 7) is 3.27. The van der Waals surface area contributed by atoms with Crippen molar-refractivity contribution in [2.75, 3.05) is 11.9 Å². The molecule has 148 valence electrons. The molecule has 2 N–H and O–H groups in total. The number of carbonyl (C=O) groups is 1. The van der Waals surface area contributed by atoms with Crippen molar-refractivity contribution >= 4 is 11.7 Å². The fourth-order valence-electron chi connectivity index (χ4n) is 3.48. The van der Waals surface area contributed by atoms with Gasteiger partial charge < -0.3 is 24.6 Å². The quantitative estimate of drug-likeness (QED) is 0.802. The summed E-state index contributed by atoms with van der Waals surface area (Å²) in [6.07, 6.45) is -0.971. The van der Waals surface area contributed by atoms with E-state index >= 15 is 0 Å². The molecule has 1 aromatic heterocycles. The van der Waals surface area contributed by atoms with Gasteiger partial charge >= 0.3 is 5.69 Å². The SMILES string of the molecule is CC1(C)OC2C(CO)OC(n3ccc(NC(=O)c4ccccc4)nc3=O)C2O1. The lowest BCUT2D eigenvalue weighted by atomic mass is 10.1. The largest absolute Gasteiger partial charge is 0.394 e. The number of hydrogen-bond donors (Lipinski definition) is 2. The number of carbonyl (C=O) groups excluding carboxylic acids is 1. The van der Waals surface area contributed by atoms with Crippen molar-refractivity contribution < 1.29 is 24.1 Å². The molecule has 2 aliphatic rings. The van der Waals surface area contributed by atoms with Crippen LogP contribution in [0.5, 0.6) is 0 Å². The minimum absolute atomic E-state index is 0.132. The summed E-state index contributed by atoms with van der Waals surface area (Å²) < 4.78 is 18.7. The first-order valence-corrected chi connectivity index (χ1v) is 8.95. The van der Waals surface area contributed by atoms with Crippen molar-refractivity contribution in [1.29, 1.82) is 0 Å².